The van der Waals surface area contributed by atoms with Gasteiger partial charge in [0.2, 0.25) is 5.91 Å². The molecule has 0 spiro atoms. The van der Waals surface area contributed by atoms with E-state index in [1.165, 1.54) is 11.8 Å². The monoisotopic (exact) mass is 433 g/mol. The van der Waals surface area contributed by atoms with Crippen LogP contribution < -0.4 is 10.2 Å². The number of hydrogen-bond acceptors (Lipinski definition) is 5. The fourth-order valence-corrected chi connectivity index (χ4v) is 4.28. The molecule has 2 unspecified atom stereocenters. The molecule has 2 aromatic rings. The van der Waals surface area contributed by atoms with E-state index in [1.54, 1.807) is 24.3 Å². The molecule has 1 saturated heterocycles. The van der Waals surface area contributed by atoms with E-state index >= 15 is 0 Å². The highest BCUT2D eigenvalue weighted by Crippen LogP contribution is 2.36. The molecule has 4 rings (SSSR count). The standard InChI is InChI=1S/C25H27N3O4/c1-15-5-7-19(8-6-15)22-23(27-13-16(2)32-17(3)14-27)25(31)28(24(22)30)21-11-9-20(10-12-21)26-18(4)29/h5-12,16-17H,13-14H2,1-4H3,(H,26,29). The summed E-state index contributed by atoms with van der Waals surface area (Å²) in [7, 11) is 0. The average Bonchev–Trinajstić information content (AvgIpc) is 2.98. The minimum absolute atomic E-state index is 0.0561. The highest BCUT2D eigenvalue weighted by Gasteiger charge is 2.43. The van der Waals surface area contributed by atoms with Crippen molar-refractivity contribution in [3.8, 4) is 0 Å². The van der Waals surface area contributed by atoms with Crippen LogP contribution in [0.3, 0.4) is 0 Å². The van der Waals surface area contributed by atoms with E-state index in [9.17, 15) is 14.4 Å². The molecule has 166 valence electrons. The van der Waals surface area contributed by atoms with Crippen LogP contribution >= 0.6 is 0 Å². The zero-order valence-corrected chi connectivity index (χ0v) is 18.7. The number of morpholine rings is 1. The fraction of sp³-hybridized carbons (Fsp3) is 0.320. The summed E-state index contributed by atoms with van der Waals surface area (Å²) < 4.78 is 5.84. The molecule has 1 fully saturated rings. The molecule has 2 atom stereocenters. The Labute approximate surface area is 187 Å². The van der Waals surface area contributed by atoms with Gasteiger partial charge in [0.05, 0.1) is 23.5 Å². The molecular weight excluding hydrogens is 406 g/mol. The summed E-state index contributed by atoms with van der Waals surface area (Å²) in [5, 5.41) is 2.70. The summed E-state index contributed by atoms with van der Waals surface area (Å²) in [5.74, 6) is -0.890. The first kappa shape index (κ1) is 21.8. The molecule has 0 saturated carbocycles. The third-order valence-corrected chi connectivity index (χ3v) is 5.58. The molecule has 7 nitrogen and oxygen atoms in total. The van der Waals surface area contributed by atoms with Crippen LogP contribution in [0.1, 0.15) is 31.9 Å². The van der Waals surface area contributed by atoms with Gasteiger partial charge in [-0.15, -0.1) is 0 Å². The first-order chi connectivity index (χ1) is 15.2. The number of nitrogens with zero attached hydrogens (tertiary/aromatic N) is 2. The maximum atomic E-state index is 13.6. The number of nitrogens with one attached hydrogen (secondary N) is 1. The molecule has 0 aliphatic carbocycles. The zero-order valence-electron chi connectivity index (χ0n) is 18.7. The van der Waals surface area contributed by atoms with Gasteiger partial charge in [0.15, 0.2) is 0 Å². The lowest BCUT2D eigenvalue weighted by Gasteiger charge is -2.37. The summed E-state index contributed by atoms with van der Waals surface area (Å²) in [6.45, 7) is 8.40. The van der Waals surface area contributed by atoms with Gasteiger partial charge in [-0.2, -0.15) is 0 Å². The van der Waals surface area contributed by atoms with Crippen LogP contribution in [0.5, 0.6) is 0 Å². The molecule has 3 amide bonds. The van der Waals surface area contributed by atoms with Gasteiger partial charge in [0.25, 0.3) is 11.8 Å². The van der Waals surface area contributed by atoms with E-state index < -0.39 is 0 Å². The summed E-state index contributed by atoms with van der Waals surface area (Å²) in [4.78, 5) is 41.7. The molecule has 0 radical (unpaired) electrons. The van der Waals surface area contributed by atoms with Crippen molar-refractivity contribution in [1.29, 1.82) is 0 Å². The van der Waals surface area contributed by atoms with Crippen LogP contribution in [0.25, 0.3) is 5.57 Å². The lowest BCUT2D eigenvalue weighted by Crippen LogP contribution is -2.47. The first-order valence-corrected chi connectivity index (χ1v) is 10.7. The number of carbonyl (C=O) groups is 3. The molecule has 2 heterocycles. The van der Waals surface area contributed by atoms with Crippen LogP contribution in [-0.4, -0.2) is 47.9 Å². The Morgan fingerprint density at radius 2 is 1.53 bits per heavy atom. The number of anilines is 2. The van der Waals surface area contributed by atoms with Crippen molar-refractivity contribution in [2.24, 2.45) is 0 Å². The Hall–Kier alpha value is -3.45. The molecule has 1 N–H and O–H groups in total. The molecule has 32 heavy (non-hydrogen) atoms. The predicted octanol–water partition coefficient (Wildman–Crippen LogP) is 3.35. The smallest absolute Gasteiger partial charge is 0.282 e. The molecule has 0 aromatic heterocycles. The second kappa shape index (κ2) is 8.59. The molecular formula is C25H27N3O4. The fourth-order valence-electron chi connectivity index (χ4n) is 4.28. The quantitative estimate of drug-likeness (QED) is 0.748. The van der Waals surface area contributed by atoms with Gasteiger partial charge in [-0.05, 0) is 50.6 Å². The Balaban J connectivity index is 1.76. The number of imide groups is 1. The number of carbonyl (C=O) groups excluding carboxylic acids is 3. The third-order valence-electron chi connectivity index (χ3n) is 5.58. The van der Waals surface area contributed by atoms with Crippen molar-refractivity contribution in [2.45, 2.75) is 39.9 Å². The van der Waals surface area contributed by atoms with Gasteiger partial charge in [-0.3, -0.25) is 14.4 Å². The van der Waals surface area contributed by atoms with E-state index in [0.717, 1.165) is 5.56 Å². The van der Waals surface area contributed by atoms with E-state index in [1.807, 2.05) is 49.9 Å². The third kappa shape index (κ3) is 4.16. The summed E-state index contributed by atoms with van der Waals surface area (Å²) >= 11 is 0. The largest absolute Gasteiger partial charge is 0.372 e. The zero-order chi connectivity index (χ0) is 23.0. The first-order valence-electron chi connectivity index (χ1n) is 10.7. The maximum Gasteiger partial charge on any atom is 0.282 e. The maximum absolute atomic E-state index is 13.6. The van der Waals surface area contributed by atoms with E-state index in [4.69, 9.17) is 4.74 Å². The minimum Gasteiger partial charge on any atom is -0.372 e. The van der Waals surface area contributed by atoms with Gasteiger partial charge in [0.1, 0.15) is 5.70 Å². The topological polar surface area (TPSA) is 79.0 Å². The second-order valence-electron chi connectivity index (χ2n) is 8.43. The average molecular weight is 434 g/mol. The minimum atomic E-state index is -0.354. The highest BCUT2D eigenvalue weighted by atomic mass is 16.5. The van der Waals surface area contributed by atoms with Crippen LogP contribution in [0.4, 0.5) is 11.4 Å². The molecule has 2 aromatic carbocycles. The number of ether oxygens (including phenoxy) is 1. The highest BCUT2D eigenvalue weighted by molar-refractivity contribution is 6.45. The Kier molecular flexibility index (Phi) is 5.84. The van der Waals surface area contributed by atoms with E-state index in [2.05, 4.69) is 5.32 Å². The van der Waals surface area contributed by atoms with Crippen molar-refractivity contribution in [3.63, 3.8) is 0 Å². The van der Waals surface area contributed by atoms with Crippen molar-refractivity contribution in [2.75, 3.05) is 23.3 Å². The number of hydrogen-bond donors (Lipinski definition) is 1. The van der Waals surface area contributed by atoms with Crippen LogP contribution in [-0.2, 0) is 19.1 Å². The van der Waals surface area contributed by atoms with Gasteiger partial charge in [-0.25, -0.2) is 4.90 Å². The lowest BCUT2D eigenvalue weighted by molar-refractivity contribution is -0.121. The summed E-state index contributed by atoms with van der Waals surface area (Å²) in [6, 6.07) is 14.3. The van der Waals surface area contributed by atoms with E-state index in [-0.39, 0.29) is 29.9 Å². The predicted molar refractivity (Wildman–Crippen MR) is 123 cm³/mol. The van der Waals surface area contributed by atoms with Crippen LogP contribution in [0, 0.1) is 6.92 Å². The Bertz CT molecular complexity index is 1080. The lowest BCUT2D eigenvalue weighted by atomic mass is 10.0. The Morgan fingerprint density at radius 1 is 0.938 bits per heavy atom. The molecule has 2 aliphatic heterocycles. The van der Waals surface area contributed by atoms with Crippen LogP contribution in [0.15, 0.2) is 54.2 Å². The van der Waals surface area contributed by atoms with Crippen molar-refractivity contribution >= 4 is 34.7 Å². The van der Waals surface area contributed by atoms with Crippen LogP contribution in [0.2, 0.25) is 0 Å². The Morgan fingerprint density at radius 3 is 2.09 bits per heavy atom. The van der Waals surface area contributed by atoms with Gasteiger partial charge >= 0.3 is 0 Å². The molecule has 0 bridgehead atoms. The normalized spacial score (nSPS) is 21.4. The van der Waals surface area contributed by atoms with Gasteiger partial charge < -0.3 is 15.0 Å². The van der Waals surface area contributed by atoms with E-state index in [0.29, 0.717) is 41.3 Å². The summed E-state index contributed by atoms with van der Waals surface area (Å²) in [5.41, 5.74) is 3.67. The SMILES string of the molecule is CC(=O)Nc1ccc(N2C(=O)C(c3ccc(C)cc3)=C(N3CC(C)OC(C)C3)C2=O)cc1. The van der Waals surface area contributed by atoms with Crippen molar-refractivity contribution < 1.29 is 19.1 Å². The van der Waals surface area contributed by atoms with Crippen molar-refractivity contribution in [1.82, 2.24) is 4.90 Å². The molecule has 2 aliphatic rings. The van der Waals surface area contributed by atoms with Gasteiger partial charge in [-0.1, -0.05) is 29.8 Å². The van der Waals surface area contributed by atoms with Gasteiger partial charge in [0, 0.05) is 25.7 Å². The number of benzene rings is 2. The number of rotatable bonds is 4. The summed E-state index contributed by atoms with van der Waals surface area (Å²) in [6.07, 6.45) is -0.112. The molecule has 7 heteroatoms. The number of aryl methyl sites for hydroxylation is 1. The second-order valence-corrected chi connectivity index (χ2v) is 8.43. The van der Waals surface area contributed by atoms with Crippen molar-refractivity contribution in [3.05, 3.63) is 65.4 Å². The number of amides is 3.